The van der Waals surface area contributed by atoms with Crippen molar-refractivity contribution in [3.05, 3.63) is 51.4 Å². The lowest BCUT2D eigenvalue weighted by Crippen LogP contribution is -2.26. The molecule has 2 rings (SSSR count). The Bertz CT molecular complexity index is 568. The van der Waals surface area contributed by atoms with Crippen LogP contribution in [0.1, 0.15) is 37.7 Å². The number of aryl methyl sites for hydroxylation is 1. The van der Waals surface area contributed by atoms with Gasteiger partial charge in [0, 0.05) is 22.5 Å². The second-order valence-corrected chi connectivity index (χ2v) is 5.80. The van der Waals surface area contributed by atoms with Gasteiger partial charge in [0.1, 0.15) is 11.6 Å². The molecule has 1 N–H and O–H groups in total. The van der Waals surface area contributed by atoms with E-state index in [1.807, 2.05) is 18.5 Å². The fourth-order valence-electron chi connectivity index (χ4n) is 2.29. The van der Waals surface area contributed by atoms with Crippen molar-refractivity contribution in [3.8, 4) is 0 Å². The number of imidazole rings is 1. The second-order valence-electron chi connectivity index (χ2n) is 4.64. The molecule has 108 valence electrons. The first-order chi connectivity index (χ1) is 9.67. The molecule has 1 aromatic carbocycles. The van der Waals surface area contributed by atoms with Crippen LogP contribution in [0.25, 0.3) is 0 Å². The maximum absolute atomic E-state index is 13.3. The van der Waals surface area contributed by atoms with Crippen LogP contribution in [0, 0.1) is 9.39 Å². The highest BCUT2D eigenvalue weighted by atomic mass is 127. The topological polar surface area (TPSA) is 29.9 Å². The van der Waals surface area contributed by atoms with Crippen LogP contribution in [-0.2, 0) is 6.54 Å². The molecule has 20 heavy (non-hydrogen) atoms. The summed E-state index contributed by atoms with van der Waals surface area (Å²) in [5, 5.41) is 3.45. The van der Waals surface area contributed by atoms with Crippen molar-refractivity contribution in [2.24, 2.45) is 0 Å². The van der Waals surface area contributed by atoms with Crippen LogP contribution < -0.4 is 5.32 Å². The van der Waals surface area contributed by atoms with Gasteiger partial charge in [0.05, 0.1) is 6.04 Å². The summed E-state index contributed by atoms with van der Waals surface area (Å²) in [6, 6.07) is 4.91. The molecule has 0 fully saturated rings. The molecular weight excluding hydrogens is 368 g/mol. The molecule has 1 aromatic heterocycles. The summed E-state index contributed by atoms with van der Waals surface area (Å²) < 4.78 is 16.4. The van der Waals surface area contributed by atoms with E-state index in [0.29, 0.717) is 0 Å². The van der Waals surface area contributed by atoms with Gasteiger partial charge in [-0.25, -0.2) is 9.37 Å². The van der Waals surface area contributed by atoms with Crippen LogP contribution in [-0.4, -0.2) is 16.1 Å². The van der Waals surface area contributed by atoms with Gasteiger partial charge in [0.15, 0.2) is 0 Å². The largest absolute Gasteiger partial charge is 0.333 e. The minimum absolute atomic E-state index is 0.00551. The van der Waals surface area contributed by atoms with E-state index in [4.69, 9.17) is 0 Å². The molecule has 0 aliphatic rings. The van der Waals surface area contributed by atoms with Crippen LogP contribution in [0.5, 0.6) is 0 Å². The maximum Gasteiger partial charge on any atom is 0.130 e. The minimum atomic E-state index is -0.203. The molecule has 0 spiro atoms. The molecule has 0 amide bonds. The third-order valence-electron chi connectivity index (χ3n) is 3.15. The van der Waals surface area contributed by atoms with Gasteiger partial charge in [-0.2, -0.15) is 0 Å². The zero-order valence-electron chi connectivity index (χ0n) is 11.7. The lowest BCUT2D eigenvalue weighted by molar-refractivity contribution is 0.541. The average Bonchev–Trinajstić information content (AvgIpc) is 2.85. The van der Waals surface area contributed by atoms with E-state index in [2.05, 4.69) is 51.3 Å². The minimum Gasteiger partial charge on any atom is -0.333 e. The zero-order valence-corrected chi connectivity index (χ0v) is 13.9. The van der Waals surface area contributed by atoms with Gasteiger partial charge in [0.25, 0.3) is 0 Å². The van der Waals surface area contributed by atoms with Gasteiger partial charge in [-0.1, -0.05) is 19.9 Å². The van der Waals surface area contributed by atoms with Crippen LogP contribution in [0.2, 0.25) is 0 Å². The van der Waals surface area contributed by atoms with Gasteiger partial charge in [-0.3, -0.25) is 0 Å². The molecular formula is C15H19FIN3. The van der Waals surface area contributed by atoms with Crippen LogP contribution in [0.4, 0.5) is 4.39 Å². The van der Waals surface area contributed by atoms with Crippen molar-refractivity contribution in [2.45, 2.75) is 32.9 Å². The van der Waals surface area contributed by atoms with Crippen molar-refractivity contribution in [2.75, 3.05) is 6.54 Å². The molecule has 0 aliphatic carbocycles. The molecule has 1 heterocycles. The van der Waals surface area contributed by atoms with E-state index < -0.39 is 0 Å². The summed E-state index contributed by atoms with van der Waals surface area (Å²) in [5.41, 5.74) is 1.07. The average molecular weight is 387 g/mol. The number of hydrogen-bond donors (Lipinski definition) is 1. The maximum atomic E-state index is 13.3. The summed E-state index contributed by atoms with van der Waals surface area (Å²) in [5.74, 6) is 0.781. The molecule has 3 nitrogen and oxygen atoms in total. The Kier molecular flexibility index (Phi) is 5.54. The first-order valence-corrected chi connectivity index (χ1v) is 7.94. The zero-order chi connectivity index (χ0) is 14.5. The van der Waals surface area contributed by atoms with Crippen molar-refractivity contribution in [3.63, 3.8) is 0 Å². The number of halogens is 2. The van der Waals surface area contributed by atoms with Crippen LogP contribution in [0.15, 0.2) is 30.6 Å². The SMILES string of the molecule is CCCn1ccnc1C(NCC)c1ccc(F)cc1I. The molecule has 0 saturated heterocycles. The van der Waals surface area contributed by atoms with Gasteiger partial charge >= 0.3 is 0 Å². The number of nitrogens with zero attached hydrogens (tertiary/aromatic N) is 2. The van der Waals surface area contributed by atoms with E-state index >= 15 is 0 Å². The van der Waals surface area contributed by atoms with E-state index in [9.17, 15) is 4.39 Å². The Hall–Kier alpha value is -0.950. The summed E-state index contributed by atoms with van der Waals surface area (Å²) in [6.45, 7) is 5.98. The predicted octanol–water partition coefficient (Wildman–Crippen LogP) is 3.74. The van der Waals surface area contributed by atoms with E-state index in [1.165, 1.54) is 6.07 Å². The Morgan fingerprint density at radius 3 is 2.85 bits per heavy atom. The fourth-order valence-corrected chi connectivity index (χ4v) is 3.08. The summed E-state index contributed by atoms with van der Waals surface area (Å²) in [6.07, 6.45) is 4.88. The van der Waals surface area contributed by atoms with Gasteiger partial charge in [-0.15, -0.1) is 0 Å². The molecule has 0 radical (unpaired) electrons. The predicted molar refractivity (Wildman–Crippen MR) is 87.2 cm³/mol. The number of aromatic nitrogens is 2. The Morgan fingerprint density at radius 2 is 2.20 bits per heavy atom. The monoisotopic (exact) mass is 387 g/mol. The van der Waals surface area contributed by atoms with Crippen molar-refractivity contribution < 1.29 is 4.39 Å². The molecule has 0 aliphatic heterocycles. The van der Waals surface area contributed by atoms with E-state index in [-0.39, 0.29) is 11.9 Å². The summed E-state index contributed by atoms with van der Waals surface area (Å²) in [4.78, 5) is 4.50. The van der Waals surface area contributed by atoms with Gasteiger partial charge < -0.3 is 9.88 Å². The molecule has 1 unspecified atom stereocenters. The molecule has 2 aromatic rings. The third kappa shape index (κ3) is 3.38. The number of rotatable bonds is 6. The lowest BCUT2D eigenvalue weighted by Gasteiger charge is -2.20. The summed E-state index contributed by atoms with van der Waals surface area (Å²) in [7, 11) is 0. The number of hydrogen-bond acceptors (Lipinski definition) is 2. The first kappa shape index (κ1) is 15.4. The highest BCUT2D eigenvalue weighted by Crippen LogP contribution is 2.26. The molecule has 5 heteroatoms. The van der Waals surface area contributed by atoms with Crippen molar-refractivity contribution in [1.29, 1.82) is 0 Å². The summed E-state index contributed by atoms with van der Waals surface area (Å²) >= 11 is 2.18. The smallest absolute Gasteiger partial charge is 0.130 e. The molecule has 0 bridgehead atoms. The van der Waals surface area contributed by atoms with Crippen molar-refractivity contribution in [1.82, 2.24) is 14.9 Å². The standard InChI is InChI=1S/C15H19FIN3/c1-3-8-20-9-7-19-15(20)14(18-4-2)12-6-5-11(16)10-13(12)17/h5-7,9-10,14,18H,3-4,8H2,1-2H3. The number of nitrogens with one attached hydrogen (secondary N) is 1. The normalized spacial score (nSPS) is 12.6. The van der Waals surface area contributed by atoms with Crippen LogP contribution in [0.3, 0.4) is 0 Å². The van der Waals surface area contributed by atoms with Gasteiger partial charge in [0.2, 0.25) is 0 Å². The lowest BCUT2D eigenvalue weighted by atomic mass is 10.1. The van der Waals surface area contributed by atoms with Crippen molar-refractivity contribution >= 4 is 22.6 Å². The Morgan fingerprint density at radius 1 is 1.40 bits per heavy atom. The van der Waals surface area contributed by atoms with E-state index in [0.717, 1.165) is 34.5 Å². The fraction of sp³-hybridized carbons (Fsp3) is 0.400. The third-order valence-corrected chi connectivity index (χ3v) is 4.09. The van der Waals surface area contributed by atoms with Crippen LogP contribution >= 0.6 is 22.6 Å². The second kappa shape index (κ2) is 7.17. The molecule has 1 atom stereocenters. The molecule has 0 saturated carbocycles. The number of benzene rings is 1. The Balaban J connectivity index is 2.42. The highest BCUT2D eigenvalue weighted by Gasteiger charge is 2.20. The quantitative estimate of drug-likeness (QED) is 0.766. The first-order valence-electron chi connectivity index (χ1n) is 6.86. The highest BCUT2D eigenvalue weighted by molar-refractivity contribution is 14.1. The van der Waals surface area contributed by atoms with E-state index in [1.54, 1.807) is 6.07 Å². The van der Waals surface area contributed by atoms with Gasteiger partial charge in [-0.05, 0) is 53.3 Å². The Labute approximate surface area is 132 Å².